The van der Waals surface area contributed by atoms with Gasteiger partial charge in [0, 0.05) is 6.54 Å². The summed E-state index contributed by atoms with van der Waals surface area (Å²) >= 11 is 0. The molecule has 0 aliphatic carbocycles. The SMILES string of the molecule is Nc1nc(NCCO)nc(N)c1N=O. The quantitative estimate of drug-likeness (QED) is 0.475. The van der Waals surface area contributed by atoms with E-state index in [1.807, 2.05) is 0 Å². The highest BCUT2D eigenvalue weighted by Gasteiger charge is 2.09. The number of rotatable bonds is 4. The third kappa shape index (κ3) is 2.04. The molecule has 0 unspecified atom stereocenters. The number of hydrogen-bond acceptors (Lipinski definition) is 8. The van der Waals surface area contributed by atoms with E-state index in [9.17, 15) is 4.91 Å². The van der Waals surface area contributed by atoms with E-state index in [2.05, 4.69) is 20.5 Å². The number of anilines is 3. The fourth-order valence-electron chi connectivity index (χ4n) is 0.831. The maximum atomic E-state index is 10.2. The van der Waals surface area contributed by atoms with Gasteiger partial charge in [-0.15, -0.1) is 4.91 Å². The molecule has 0 saturated heterocycles. The van der Waals surface area contributed by atoms with Crippen LogP contribution in [0.2, 0.25) is 0 Å². The van der Waals surface area contributed by atoms with Gasteiger partial charge in [-0.05, 0) is 5.18 Å². The number of nitrogens with one attached hydrogen (secondary N) is 1. The minimum atomic E-state index is -0.167. The Bertz CT molecular complexity index is 318. The van der Waals surface area contributed by atoms with Gasteiger partial charge in [-0.3, -0.25) is 0 Å². The van der Waals surface area contributed by atoms with Crippen molar-refractivity contribution in [2.75, 3.05) is 29.9 Å². The van der Waals surface area contributed by atoms with E-state index >= 15 is 0 Å². The minimum Gasteiger partial charge on any atom is -0.395 e. The molecule has 0 atom stereocenters. The molecule has 0 amide bonds. The summed E-state index contributed by atoms with van der Waals surface area (Å²) < 4.78 is 0. The number of aromatic nitrogens is 2. The zero-order valence-corrected chi connectivity index (χ0v) is 7.27. The topological polar surface area (TPSA) is 140 Å². The van der Waals surface area contributed by atoms with E-state index in [0.717, 1.165) is 0 Å². The Morgan fingerprint density at radius 1 is 1.36 bits per heavy atom. The highest BCUT2D eigenvalue weighted by Crippen LogP contribution is 2.26. The standard InChI is InChI=1S/C6H10N6O2/c7-4-3(12-14)5(8)11-6(10-4)9-1-2-13/h13H,1-2H2,(H5,7,8,9,10,11). The summed E-state index contributed by atoms with van der Waals surface area (Å²) in [5.41, 5.74) is 10.6. The van der Waals surface area contributed by atoms with Crippen LogP contribution in [-0.2, 0) is 0 Å². The van der Waals surface area contributed by atoms with E-state index in [0.29, 0.717) is 0 Å². The van der Waals surface area contributed by atoms with Crippen LogP contribution < -0.4 is 16.8 Å². The van der Waals surface area contributed by atoms with Crippen molar-refractivity contribution in [2.24, 2.45) is 5.18 Å². The predicted molar refractivity (Wildman–Crippen MR) is 51.9 cm³/mol. The lowest BCUT2D eigenvalue weighted by atomic mass is 10.4. The van der Waals surface area contributed by atoms with Crippen molar-refractivity contribution in [3.8, 4) is 0 Å². The van der Waals surface area contributed by atoms with E-state index in [1.165, 1.54) is 0 Å². The van der Waals surface area contributed by atoms with Crippen LogP contribution in [0.25, 0.3) is 0 Å². The number of aliphatic hydroxyl groups excluding tert-OH is 1. The highest BCUT2D eigenvalue weighted by molar-refractivity contribution is 5.71. The zero-order valence-electron chi connectivity index (χ0n) is 7.27. The van der Waals surface area contributed by atoms with Crippen molar-refractivity contribution in [3.05, 3.63) is 4.91 Å². The molecule has 1 aromatic heterocycles. The third-order valence-corrected chi connectivity index (χ3v) is 1.42. The molecule has 8 heteroatoms. The van der Waals surface area contributed by atoms with Gasteiger partial charge in [0.15, 0.2) is 17.3 Å². The van der Waals surface area contributed by atoms with Gasteiger partial charge >= 0.3 is 0 Å². The lowest BCUT2D eigenvalue weighted by Gasteiger charge is -2.05. The van der Waals surface area contributed by atoms with Crippen LogP contribution in [0.15, 0.2) is 5.18 Å². The van der Waals surface area contributed by atoms with Gasteiger partial charge in [0.1, 0.15) is 0 Å². The lowest BCUT2D eigenvalue weighted by molar-refractivity contribution is 0.311. The smallest absolute Gasteiger partial charge is 0.226 e. The molecule has 0 fully saturated rings. The minimum absolute atomic E-state index is 0.0726. The van der Waals surface area contributed by atoms with Crippen LogP contribution in [0, 0.1) is 4.91 Å². The summed E-state index contributed by atoms with van der Waals surface area (Å²) in [6, 6.07) is 0. The maximum absolute atomic E-state index is 10.2. The summed E-state index contributed by atoms with van der Waals surface area (Å²) in [6.45, 7) is 0.198. The number of nitroso groups, excluding NO2 is 1. The second-order valence-electron chi connectivity index (χ2n) is 2.41. The number of hydrogen-bond donors (Lipinski definition) is 4. The van der Waals surface area contributed by atoms with Gasteiger partial charge in [-0.1, -0.05) is 0 Å². The molecule has 76 valence electrons. The number of nitrogen functional groups attached to an aromatic ring is 2. The molecule has 8 nitrogen and oxygen atoms in total. The Hall–Kier alpha value is -1.96. The van der Waals surface area contributed by atoms with Crippen molar-refractivity contribution >= 4 is 23.3 Å². The first kappa shape index (κ1) is 10.1. The predicted octanol–water partition coefficient (Wildman–Crippen LogP) is -0.557. The molecule has 0 spiro atoms. The van der Waals surface area contributed by atoms with Crippen LogP contribution in [-0.4, -0.2) is 28.2 Å². The van der Waals surface area contributed by atoms with Crippen molar-refractivity contribution in [3.63, 3.8) is 0 Å². The second-order valence-corrected chi connectivity index (χ2v) is 2.41. The van der Waals surface area contributed by atoms with Gasteiger partial charge in [0.05, 0.1) is 6.61 Å². The summed E-state index contributed by atoms with van der Waals surface area (Å²) in [5.74, 6) is -0.0256. The van der Waals surface area contributed by atoms with Crippen LogP contribution in [0.1, 0.15) is 0 Å². The number of aliphatic hydroxyl groups is 1. The Kier molecular flexibility index (Phi) is 3.13. The molecule has 0 radical (unpaired) electrons. The van der Waals surface area contributed by atoms with Crippen molar-refractivity contribution in [1.29, 1.82) is 0 Å². The fraction of sp³-hybridized carbons (Fsp3) is 0.333. The van der Waals surface area contributed by atoms with E-state index < -0.39 is 0 Å². The number of nitrogens with zero attached hydrogens (tertiary/aromatic N) is 3. The summed E-state index contributed by atoms with van der Waals surface area (Å²) in [7, 11) is 0. The van der Waals surface area contributed by atoms with Crippen LogP contribution >= 0.6 is 0 Å². The molecule has 0 aromatic carbocycles. The van der Waals surface area contributed by atoms with Crippen LogP contribution in [0.3, 0.4) is 0 Å². The first-order valence-corrected chi connectivity index (χ1v) is 3.80. The summed E-state index contributed by atoms with van der Waals surface area (Å²) in [4.78, 5) is 17.6. The van der Waals surface area contributed by atoms with Gasteiger partial charge in [-0.25, -0.2) is 0 Å². The van der Waals surface area contributed by atoms with E-state index in [4.69, 9.17) is 16.6 Å². The monoisotopic (exact) mass is 198 g/mol. The normalized spacial score (nSPS) is 9.79. The molecule has 0 aliphatic rings. The average molecular weight is 198 g/mol. The van der Waals surface area contributed by atoms with Crippen molar-refractivity contribution in [1.82, 2.24) is 9.97 Å². The molecule has 14 heavy (non-hydrogen) atoms. The molecule has 0 aliphatic heterocycles. The zero-order chi connectivity index (χ0) is 10.6. The second kappa shape index (κ2) is 4.33. The molecule has 0 bridgehead atoms. The van der Waals surface area contributed by atoms with E-state index in [-0.39, 0.29) is 36.4 Å². The molecular weight excluding hydrogens is 188 g/mol. The first-order valence-electron chi connectivity index (χ1n) is 3.80. The third-order valence-electron chi connectivity index (χ3n) is 1.42. The Morgan fingerprint density at radius 2 is 1.93 bits per heavy atom. The molecule has 1 heterocycles. The van der Waals surface area contributed by atoms with Gasteiger partial charge < -0.3 is 21.9 Å². The van der Waals surface area contributed by atoms with Crippen LogP contribution in [0.5, 0.6) is 0 Å². The molecular formula is C6H10N6O2. The number of nitrogens with two attached hydrogens (primary N) is 2. The van der Waals surface area contributed by atoms with E-state index in [1.54, 1.807) is 0 Å². The molecule has 1 rings (SSSR count). The summed E-state index contributed by atoms with van der Waals surface area (Å²) in [6.07, 6.45) is 0. The van der Waals surface area contributed by atoms with Gasteiger partial charge in [0.25, 0.3) is 0 Å². The molecule has 1 aromatic rings. The largest absolute Gasteiger partial charge is 0.395 e. The fourth-order valence-corrected chi connectivity index (χ4v) is 0.831. The summed E-state index contributed by atoms with van der Waals surface area (Å²) in [5, 5.41) is 13.8. The Morgan fingerprint density at radius 3 is 2.36 bits per heavy atom. The maximum Gasteiger partial charge on any atom is 0.226 e. The van der Waals surface area contributed by atoms with Crippen LogP contribution in [0.4, 0.5) is 23.3 Å². The van der Waals surface area contributed by atoms with Gasteiger partial charge in [-0.2, -0.15) is 9.97 Å². The Labute approximate surface area is 79.3 Å². The Balaban J connectivity index is 2.95. The van der Waals surface area contributed by atoms with Crippen molar-refractivity contribution in [2.45, 2.75) is 0 Å². The first-order chi connectivity index (χ1) is 6.69. The lowest BCUT2D eigenvalue weighted by Crippen LogP contribution is -2.11. The molecule has 6 N–H and O–H groups in total. The average Bonchev–Trinajstić information content (AvgIpc) is 2.14. The van der Waals surface area contributed by atoms with Crippen molar-refractivity contribution < 1.29 is 5.11 Å². The highest BCUT2D eigenvalue weighted by atomic mass is 16.3. The van der Waals surface area contributed by atoms with Gasteiger partial charge in [0.2, 0.25) is 5.95 Å². The molecule has 0 saturated carbocycles.